The van der Waals surface area contributed by atoms with Crippen molar-refractivity contribution in [3.8, 4) is 10.4 Å². The van der Waals surface area contributed by atoms with Crippen LogP contribution >= 0.6 is 11.3 Å². The van der Waals surface area contributed by atoms with Gasteiger partial charge in [0.2, 0.25) is 0 Å². The Labute approximate surface area is 203 Å². The molecule has 1 aliphatic heterocycles. The van der Waals surface area contributed by atoms with Crippen molar-refractivity contribution in [2.45, 2.75) is 11.4 Å². The van der Waals surface area contributed by atoms with Gasteiger partial charge in [-0.3, -0.25) is 9.69 Å². The van der Waals surface area contributed by atoms with E-state index in [0.717, 1.165) is 27.9 Å². The Morgan fingerprint density at radius 1 is 1.06 bits per heavy atom. The van der Waals surface area contributed by atoms with E-state index in [0.29, 0.717) is 30.2 Å². The largest absolute Gasteiger partial charge is 0.366 e. The van der Waals surface area contributed by atoms with Crippen LogP contribution in [0.4, 0.5) is 10.7 Å². The molecule has 1 saturated heterocycles. The Kier molecular flexibility index (Phi) is 6.81. The zero-order valence-electron chi connectivity index (χ0n) is 18.5. The fourth-order valence-electron chi connectivity index (χ4n) is 3.67. The lowest BCUT2D eigenvalue weighted by atomic mass is 10.1. The lowest BCUT2D eigenvalue weighted by Gasteiger charge is -2.26. The molecule has 0 atom stereocenters. The predicted molar refractivity (Wildman–Crippen MR) is 135 cm³/mol. The van der Waals surface area contributed by atoms with E-state index in [1.54, 1.807) is 18.2 Å². The molecule has 4 rings (SSSR count). The van der Waals surface area contributed by atoms with Gasteiger partial charge in [-0.15, -0.1) is 11.3 Å². The van der Waals surface area contributed by atoms with Gasteiger partial charge in [-0.1, -0.05) is 24.3 Å². The Bertz CT molecular complexity index is 1400. The molecule has 0 saturated carbocycles. The second-order valence-corrected chi connectivity index (χ2v) is 13.6. The van der Waals surface area contributed by atoms with E-state index in [1.165, 1.54) is 23.5 Å². The van der Waals surface area contributed by atoms with Crippen LogP contribution in [0.1, 0.15) is 15.9 Å². The van der Waals surface area contributed by atoms with Crippen LogP contribution in [0.15, 0.2) is 59.5 Å². The van der Waals surface area contributed by atoms with Gasteiger partial charge < -0.3 is 11.1 Å². The van der Waals surface area contributed by atoms with Gasteiger partial charge >= 0.3 is 0 Å². The number of thiophene rings is 1. The third-order valence-electron chi connectivity index (χ3n) is 5.62. The lowest BCUT2D eigenvalue weighted by Crippen LogP contribution is -2.39. The molecule has 3 aromatic rings. The first kappa shape index (κ1) is 24.4. The molecule has 0 spiro atoms. The van der Waals surface area contributed by atoms with E-state index in [2.05, 4.69) is 10.2 Å². The fraction of sp³-hybridized carbons (Fsp3) is 0.261. The van der Waals surface area contributed by atoms with E-state index in [9.17, 15) is 21.6 Å². The Morgan fingerprint density at radius 2 is 1.68 bits per heavy atom. The van der Waals surface area contributed by atoms with Crippen LogP contribution in [0.5, 0.6) is 0 Å². The van der Waals surface area contributed by atoms with Gasteiger partial charge in [-0.2, -0.15) is 0 Å². The molecule has 180 valence electrons. The van der Waals surface area contributed by atoms with E-state index in [4.69, 9.17) is 5.73 Å². The minimum Gasteiger partial charge on any atom is -0.366 e. The van der Waals surface area contributed by atoms with Gasteiger partial charge in [-0.05, 0) is 41.5 Å². The highest BCUT2D eigenvalue weighted by Gasteiger charge is 2.21. The highest BCUT2D eigenvalue weighted by Crippen LogP contribution is 2.37. The molecule has 2 heterocycles. The normalized spacial score (nSPS) is 16.3. The summed E-state index contributed by atoms with van der Waals surface area (Å²) in [6.07, 6.45) is 1.16. The molecule has 1 fully saturated rings. The lowest BCUT2D eigenvalue weighted by molar-refractivity contribution is 0.100. The first-order valence-electron chi connectivity index (χ1n) is 10.5. The number of carbonyl (C=O) groups is 1. The number of hydrogen-bond donors (Lipinski definition) is 2. The molecular weight excluding hydrogens is 494 g/mol. The van der Waals surface area contributed by atoms with Crippen molar-refractivity contribution in [1.82, 2.24) is 4.90 Å². The number of nitrogens with two attached hydrogens (primary N) is 1. The van der Waals surface area contributed by atoms with Gasteiger partial charge in [0.25, 0.3) is 5.91 Å². The molecule has 0 aliphatic carbocycles. The maximum absolute atomic E-state index is 12.0. The highest BCUT2D eigenvalue weighted by atomic mass is 32.2. The molecular formula is C23H25N3O5S3. The first-order chi connectivity index (χ1) is 16.0. The molecule has 11 heteroatoms. The van der Waals surface area contributed by atoms with Crippen LogP contribution in [-0.4, -0.2) is 58.5 Å². The number of rotatable bonds is 7. The Balaban J connectivity index is 1.49. The van der Waals surface area contributed by atoms with E-state index >= 15 is 0 Å². The fourth-order valence-corrected chi connectivity index (χ4v) is 6.66. The van der Waals surface area contributed by atoms with Crippen molar-refractivity contribution in [3.05, 3.63) is 65.7 Å². The van der Waals surface area contributed by atoms with Crippen LogP contribution in [0.25, 0.3) is 10.4 Å². The van der Waals surface area contributed by atoms with Crippen LogP contribution < -0.4 is 11.1 Å². The van der Waals surface area contributed by atoms with Gasteiger partial charge in [0.05, 0.1) is 22.0 Å². The average Bonchev–Trinajstić information content (AvgIpc) is 3.20. The molecule has 1 aliphatic rings. The predicted octanol–water partition coefficient (Wildman–Crippen LogP) is 2.89. The van der Waals surface area contributed by atoms with Crippen molar-refractivity contribution in [1.29, 1.82) is 0 Å². The smallest absolute Gasteiger partial charge is 0.251 e. The number of primary amides is 1. The number of anilines is 2. The summed E-state index contributed by atoms with van der Waals surface area (Å²) in [6, 6.07) is 15.9. The molecule has 1 amide bonds. The molecule has 2 aromatic carbocycles. The van der Waals surface area contributed by atoms with Crippen LogP contribution in [0.2, 0.25) is 0 Å². The molecule has 0 radical (unpaired) electrons. The molecule has 3 N–H and O–H groups in total. The van der Waals surface area contributed by atoms with Crippen molar-refractivity contribution in [2.24, 2.45) is 5.73 Å². The minimum atomic E-state index is -3.29. The summed E-state index contributed by atoms with van der Waals surface area (Å²) < 4.78 is 46.6. The van der Waals surface area contributed by atoms with Crippen molar-refractivity contribution in [2.75, 3.05) is 36.2 Å². The quantitative estimate of drug-likeness (QED) is 0.491. The number of sulfone groups is 2. The average molecular weight is 520 g/mol. The summed E-state index contributed by atoms with van der Waals surface area (Å²) in [4.78, 5) is 15.2. The third kappa shape index (κ3) is 5.84. The number of nitrogens with one attached hydrogen (secondary N) is 1. The van der Waals surface area contributed by atoms with Crippen molar-refractivity contribution < 1.29 is 21.6 Å². The zero-order valence-corrected chi connectivity index (χ0v) is 21.0. The maximum atomic E-state index is 12.0. The maximum Gasteiger partial charge on any atom is 0.251 e. The highest BCUT2D eigenvalue weighted by molar-refractivity contribution is 7.91. The van der Waals surface area contributed by atoms with Gasteiger partial charge in [0.15, 0.2) is 19.7 Å². The van der Waals surface area contributed by atoms with Gasteiger partial charge in [0, 0.05) is 36.5 Å². The monoisotopic (exact) mass is 519 g/mol. The molecule has 1 aromatic heterocycles. The van der Waals surface area contributed by atoms with Gasteiger partial charge in [-0.25, -0.2) is 16.8 Å². The summed E-state index contributed by atoms with van der Waals surface area (Å²) in [5, 5.41) is 3.85. The number of benzene rings is 2. The zero-order chi connectivity index (χ0) is 24.5. The molecule has 0 unspecified atom stereocenters. The number of nitrogens with zero attached hydrogens (tertiary/aromatic N) is 1. The SMILES string of the molecule is CS(=O)(=O)c1ccc(-c2cc(C(N)=O)c(Nc3ccc(CN4CCS(=O)(=O)CC4)cc3)s2)cc1. The Morgan fingerprint density at radius 3 is 2.24 bits per heavy atom. The summed E-state index contributed by atoms with van der Waals surface area (Å²) in [5.41, 5.74) is 8.58. The summed E-state index contributed by atoms with van der Waals surface area (Å²) in [7, 11) is -6.19. The van der Waals surface area contributed by atoms with Crippen LogP contribution in [-0.2, 0) is 26.2 Å². The molecule has 8 nitrogen and oxygen atoms in total. The molecule has 34 heavy (non-hydrogen) atoms. The second kappa shape index (κ2) is 9.49. The van der Waals surface area contributed by atoms with E-state index in [-0.39, 0.29) is 16.4 Å². The number of amides is 1. The Hall–Kier alpha value is -2.73. The summed E-state index contributed by atoms with van der Waals surface area (Å²) in [6.45, 7) is 1.75. The number of carbonyl (C=O) groups excluding carboxylic acids is 1. The number of hydrogen-bond acceptors (Lipinski definition) is 8. The minimum absolute atomic E-state index is 0.195. The summed E-state index contributed by atoms with van der Waals surface area (Å²) >= 11 is 1.36. The van der Waals surface area contributed by atoms with Crippen LogP contribution in [0, 0.1) is 0 Å². The van der Waals surface area contributed by atoms with Crippen molar-refractivity contribution >= 4 is 47.6 Å². The second-order valence-electron chi connectivity index (χ2n) is 8.26. The van der Waals surface area contributed by atoms with E-state index in [1.807, 2.05) is 24.3 Å². The topological polar surface area (TPSA) is 127 Å². The van der Waals surface area contributed by atoms with E-state index < -0.39 is 25.6 Å². The first-order valence-corrected chi connectivity index (χ1v) is 15.1. The third-order valence-corrected chi connectivity index (χ3v) is 9.46. The van der Waals surface area contributed by atoms with Gasteiger partial charge in [0.1, 0.15) is 5.00 Å². The standard InChI is InChI=1S/C23H25N3O5S3/c1-33(28,29)19-8-4-17(5-9-19)21-14-20(22(24)27)23(32-21)25-18-6-2-16(3-7-18)15-26-10-12-34(30,31)13-11-26/h2-9,14,25H,10-13,15H2,1H3,(H2,24,27). The molecule has 0 bridgehead atoms. The summed E-state index contributed by atoms with van der Waals surface area (Å²) in [5.74, 6) is -0.171. The van der Waals surface area contributed by atoms with Crippen LogP contribution in [0.3, 0.4) is 0 Å². The van der Waals surface area contributed by atoms with Crippen molar-refractivity contribution in [3.63, 3.8) is 0 Å².